The van der Waals surface area contributed by atoms with Gasteiger partial charge in [0.05, 0.1) is 18.6 Å². The summed E-state index contributed by atoms with van der Waals surface area (Å²) in [6, 6.07) is 3.29. The molecule has 1 aromatic heterocycles. The van der Waals surface area contributed by atoms with Crippen molar-refractivity contribution >= 4 is 17.8 Å². The molecule has 0 aromatic carbocycles. The van der Waals surface area contributed by atoms with E-state index in [4.69, 9.17) is 15.9 Å². The van der Waals surface area contributed by atoms with Gasteiger partial charge in [-0.05, 0) is 12.1 Å². The minimum Gasteiger partial charge on any atom is -0.481 e. The standard InChI is InChI=1S/C9H17NO5.C6H6N2O/c1-9(2,5-11)7(14)8(15)10-4-3-6(12)13;7-6(9)5-2-1-3-8-4-5/h7,11,14H,3-5H2,1-2H3,(H,10,15)(H,12,13);1-4H,(H2,7,9). The fourth-order valence-corrected chi connectivity index (χ4v) is 1.34. The lowest BCUT2D eigenvalue weighted by molar-refractivity contribution is -0.138. The number of amides is 2. The van der Waals surface area contributed by atoms with Crippen molar-refractivity contribution in [2.24, 2.45) is 11.1 Å². The molecular weight excluding hydrogens is 318 g/mol. The van der Waals surface area contributed by atoms with Gasteiger partial charge in [-0.2, -0.15) is 0 Å². The zero-order chi connectivity index (χ0) is 18.8. The maximum absolute atomic E-state index is 11.3. The van der Waals surface area contributed by atoms with Crippen LogP contribution in [-0.4, -0.2) is 57.3 Å². The number of carbonyl (C=O) groups excluding carboxylic acids is 2. The van der Waals surface area contributed by atoms with Crippen molar-refractivity contribution in [2.45, 2.75) is 26.4 Å². The zero-order valence-electron chi connectivity index (χ0n) is 13.6. The van der Waals surface area contributed by atoms with Crippen molar-refractivity contribution in [3.05, 3.63) is 30.1 Å². The molecule has 134 valence electrons. The number of carbonyl (C=O) groups is 3. The molecular formula is C15H23N3O6. The lowest BCUT2D eigenvalue weighted by Crippen LogP contribution is -2.45. The van der Waals surface area contributed by atoms with Gasteiger partial charge < -0.3 is 26.4 Å². The molecule has 0 radical (unpaired) electrons. The van der Waals surface area contributed by atoms with E-state index in [1.54, 1.807) is 18.3 Å². The highest BCUT2D eigenvalue weighted by Crippen LogP contribution is 2.19. The van der Waals surface area contributed by atoms with Gasteiger partial charge in [-0.1, -0.05) is 13.8 Å². The first-order valence-electron chi connectivity index (χ1n) is 7.10. The fraction of sp³-hybridized carbons (Fsp3) is 0.467. The Hall–Kier alpha value is -2.52. The Morgan fingerprint density at radius 2 is 2.00 bits per heavy atom. The minimum atomic E-state index is -1.35. The Bertz CT molecular complexity index is 547. The number of nitrogens with one attached hydrogen (secondary N) is 1. The lowest BCUT2D eigenvalue weighted by atomic mass is 9.87. The maximum atomic E-state index is 11.3. The Morgan fingerprint density at radius 3 is 2.38 bits per heavy atom. The molecule has 1 unspecified atom stereocenters. The Balaban J connectivity index is 0.000000496. The molecule has 6 N–H and O–H groups in total. The molecule has 0 saturated heterocycles. The van der Waals surface area contributed by atoms with Gasteiger partial charge in [0.15, 0.2) is 0 Å². The number of nitrogens with zero attached hydrogens (tertiary/aromatic N) is 1. The normalized spacial score (nSPS) is 11.7. The third-order valence-electron chi connectivity index (χ3n) is 2.98. The summed E-state index contributed by atoms with van der Waals surface area (Å²) in [6.07, 6.45) is 1.48. The van der Waals surface area contributed by atoms with Crippen LogP contribution in [0.1, 0.15) is 30.6 Å². The van der Waals surface area contributed by atoms with Gasteiger partial charge in [0.1, 0.15) is 6.10 Å². The molecule has 0 aliphatic rings. The number of carboxylic acids is 1. The van der Waals surface area contributed by atoms with E-state index in [1.165, 1.54) is 20.0 Å². The number of aliphatic hydroxyl groups excluding tert-OH is 2. The summed E-state index contributed by atoms with van der Waals surface area (Å²) in [4.78, 5) is 35.5. The highest BCUT2D eigenvalue weighted by Gasteiger charge is 2.32. The van der Waals surface area contributed by atoms with Gasteiger partial charge in [-0.3, -0.25) is 19.4 Å². The number of aliphatic hydroxyl groups is 2. The predicted molar refractivity (Wildman–Crippen MR) is 84.9 cm³/mol. The second-order valence-corrected chi connectivity index (χ2v) is 5.59. The van der Waals surface area contributed by atoms with E-state index in [2.05, 4.69) is 10.3 Å². The number of primary amides is 1. The van der Waals surface area contributed by atoms with Crippen LogP contribution in [0.25, 0.3) is 0 Å². The van der Waals surface area contributed by atoms with Crippen molar-refractivity contribution in [2.75, 3.05) is 13.2 Å². The third kappa shape index (κ3) is 8.20. The number of aromatic nitrogens is 1. The molecule has 1 atom stereocenters. The first-order chi connectivity index (χ1) is 11.1. The SMILES string of the molecule is CC(C)(CO)C(O)C(=O)NCCC(=O)O.NC(=O)c1cccnc1. The number of carboxylic acid groups (broad SMARTS) is 1. The molecule has 24 heavy (non-hydrogen) atoms. The van der Waals surface area contributed by atoms with E-state index in [9.17, 15) is 19.5 Å². The summed E-state index contributed by atoms with van der Waals surface area (Å²) in [5, 5.41) is 29.0. The van der Waals surface area contributed by atoms with Crippen molar-refractivity contribution < 1.29 is 29.7 Å². The van der Waals surface area contributed by atoms with Gasteiger partial charge in [0.2, 0.25) is 11.8 Å². The number of nitrogens with two attached hydrogens (primary N) is 1. The Morgan fingerprint density at radius 1 is 1.38 bits per heavy atom. The van der Waals surface area contributed by atoms with Crippen LogP contribution in [0.5, 0.6) is 0 Å². The van der Waals surface area contributed by atoms with Crippen LogP contribution in [0.15, 0.2) is 24.5 Å². The van der Waals surface area contributed by atoms with E-state index < -0.39 is 29.3 Å². The summed E-state index contributed by atoms with van der Waals surface area (Å²) in [5.41, 5.74) is 4.44. The molecule has 1 aromatic rings. The van der Waals surface area contributed by atoms with Crippen molar-refractivity contribution in [1.82, 2.24) is 10.3 Å². The predicted octanol–water partition coefficient (Wildman–Crippen LogP) is -0.863. The smallest absolute Gasteiger partial charge is 0.305 e. The van der Waals surface area contributed by atoms with Crippen molar-refractivity contribution in [3.8, 4) is 0 Å². The molecule has 1 heterocycles. The second-order valence-electron chi connectivity index (χ2n) is 5.59. The van der Waals surface area contributed by atoms with Crippen molar-refractivity contribution in [3.63, 3.8) is 0 Å². The van der Waals surface area contributed by atoms with E-state index in [0.717, 1.165) is 0 Å². The largest absolute Gasteiger partial charge is 0.481 e. The first kappa shape index (κ1) is 21.5. The number of aliphatic carboxylic acids is 1. The van der Waals surface area contributed by atoms with E-state index >= 15 is 0 Å². The van der Waals surface area contributed by atoms with Crippen LogP contribution < -0.4 is 11.1 Å². The molecule has 0 saturated carbocycles. The third-order valence-corrected chi connectivity index (χ3v) is 2.98. The van der Waals surface area contributed by atoms with E-state index in [0.29, 0.717) is 5.56 Å². The first-order valence-corrected chi connectivity index (χ1v) is 7.10. The highest BCUT2D eigenvalue weighted by molar-refractivity contribution is 5.92. The second kappa shape index (κ2) is 10.3. The van der Waals surface area contributed by atoms with Gasteiger partial charge in [0.25, 0.3) is 0 Å². The molecule has 2 amide bonds. The summed E-state index contributed by atoms with van der Waals surface area (Å²) in [7, 11) is 0. The molecule has 0 aliphatic heterocycles. The molecule has 0 bridgehead atoms. The Labute approximate surface area is 139 Å². The van der Waals surface area contributed by atoms with Crippen LogP contribution in [0.4, 0.5) is 0 Å². The maximum Gasteiger partial charge on any atom is 0.305 e. The van der Waals surface area contributed by atoms with Gasteiger partial charge >= 0.3 is 5.97 Å². The van der Waals surface area contributed by atoms with Crippen LogP contribution in [0.3, 0.4) is 0 Å². The summed E-state index contributed by atoms with van der Waals surface area (Å²) in [6.45, 7) is 2.70. The molecule has 0 aliphatic carbocycles. The summed E-state index contributed by atoms with van der Waals surface area (Å²) < 4.78 is 0. The average molecular weight is 341 g/mol. The number of hydrogen-bond donors (Lipinski definition) is 5. The molecule has 1 rings (SSSR count). The zero-order valence-corrected chi connectivity index (χ0v) is 13.6. The number of rotatable bonds is 7. The lowest BCUT2D eigenvalue weighted by Gasteiger charge is -2.26. The molecule has 9 nitrogen and oxygen atoms in total. The fourth-order valence-electron chi connectivity index (χ4n) is 1.34. The highest BCUT2D eigenvalue weighted by atomic mass is 16.4. The quantitative estimate of drug-likeness (QED) is 0.430. The van der Waals surface area contributed by atoms with Gasteiger partial charge in [-0.25, -0.2) is 0 Å². The van der Waals surface area contributed by atoms with Crippen LogP contribution >= 0.6 is 0 Å². The Kier molecular flexibility index (Phi) is 9.21. The number of pyridine rings is 1. The van der Waals surface area contributed by atoms with Gasteiger partial charge in [0, 0.05) is 24.4 Å². The number of hydrogen-bond acceptors (Lipinski definition) is 6. The van der Waals surface area contributed by atoms with E-state index in [1.807, 2.05) is 0 Å². The molecule has 0 spiro atoms. The van der Waals surface area contributed by atoms with E-state index in [-0.39, 0.29) is 19.6 Å². The van der Waals surface area contributed by atoms with Crippen LogP contribution in [-0.2, 0) is 9.59 Å². The van der Waals surface area contributed by atoms with Crippen LogP contribution in [0, 0.1) is 5.41 Å². The molecule has 9 heteroatoms. The summed E-state index contributed by atoms with van der Waals surface area (Å²) >= 11 is 0. The monoisotopic (exact) mass is 341 g/mol. The van der Waals surface area contributed by atoms with Crippen LogP contribution in [0.2, 0.25) is 0 Å². The van der Waals surface area contributed by atoms with Crippen molar-refractivity contribution in [1.29, 1.82) is 0 Å². The summed E-state index contributed by atoms with van der Waals surface area (Å²) in [5.74, 6) is -2.13. The topological polar surface area (TPSA) is 163 Å². The average Bonchev–Trinajstić information content (AvgIpc) is 2.55. The molecule has 0 fully saturated rings. The minimum absolute atomic E-state index is 0.0350. The van der Waals surface area contributed by atoms with Gasteiger partial charge in [-0.15, -0.1) is 0 Å².